The van der Waals surface area contributed by atoms with Crippen molar-refractivity contribution in [2.24, 2.45) is 5.10 Å². The molecule has 2 heterocycles. The molecule has 3 aromatic rings. The lowest BCUT2D eigenvalue weighted by Crippen LogP contribution is -2.42. The Labute approximate surface area is 204 Å². The number of morpholine rings is 1. The van der Waals surface area contributed by atoms with E-state index in [1.807, 2.05) is 72.8 Å². The van der Waals surface area contributed by atoms with Crippen molar-refractivity contribution in [1.29, 1.82) is 0 Å². The van der Waals surface area contributed by atoms with Gasteiger partial charge in [-0.05, 0) is 35.4 Å². The molecular formula is C28H27N3O4. The number of carbonyl (C=O) groups is 2. The zero-order chi connectivity index (χ0) is 24.0. The molecule has 0 radical (unpaired) electrons. The molecule has 35 heavy (non-hydrogen) atoms. The number of hydrogen-bond acceptors (Lipinski definition) is 5. The highest BCUT2D eigenvalue weighted by atomic mass is 16.5. The Morgan fingerprint density at radius 1 is 0.914 bits per heavy atom. The van der Waals surface area contributed by atoms with Gasteiger partial charge in [0.25, 0.3) is 11.8 Å². The monoisotopic (exact) mass is 469 g/mol. The van der Waals surface area contributed by atoms with Gasteiger partial charge in [-0.2, -0.15) is 5.10 Å². The molecule has 178 valence electrons. The molecule has 0 saturated carbocycles. The van der Waals surface area contributed by atoms with E-state index in [-0.39, 0.29) is 24.5 Å². The van der Waals surface area contributed by atoms with Crippen LogP contribution in [0.15, 0.2) is 90.0 Å². The van der Waals surface area contributed by atoms with Gasteiger partial charge in [0.2, 0.25) is 0 Å². The van der Waals surface area contributed by atoms with Crippen LogP contribution in [0.25, 0.3) is 0 Å². The molecule has 0 unspecified atom stereocenters. The second-order valence-corrected chi connectivity index (χ2v) is 8.50. The summed E-state index contributed by atoms with van der Waals surface area (Å²) in [5, 5.41) is 6.31. The fraction of sp³-hybridized carbons (Fsp3) is 0.250. The maximum Gasteiger partial charge on any atom is 0.274 e. The van der Waals surface area contributed by atoms with E-state index in [2.05, 4.69) is 0 Å². The van der Waals surface area contributed by atoms with Crippen molar-refractivity contribution in [3.8, 4) is 5.75 Å². The van der Waals surface area contributed by atoms with Gasteiger partial charge < -0.3 is 14.4 Å². The number of hydrazone groups is 1. The van der Waals surface area contributed by atoms with Crippen LogP contribution < -0.4 is 4.74 Å². The predicted octanol–water partition coefficient (Wildman–Crippen LogP) is 3.92. The maximum absolute atomic E-state index is 13.4. The highest BCUT2D eigenvalue weighted by molar-refractivity contribution is 6.05. The van der Waals surface area contributed by atoms with Crippen molar-refractivity contribution < 1.29 is 19.1 Å². The van der Waals surface area contributed by atoms with Gasteiger partial charge in [0.05, 0.1) is 25.0 Å². The summed E-state index contributed by atoms with van der Waals surface area (Å²) < 4.78 is 11.1. The van der Waals surface area contributed by atoms with Crippen LogP contribution in [0.3, 0.4) is 0 Å². The van der Waals surface area contributed by atoms with E-state index >= 15 is 0 Å². The first-order chi connectivity index (χ1) is 17.2. The number of rotatable bonds is 6. The molecule has 0 spiro atoms. The standard InChI is InChI=1S/C28H27N3O4/c32-27(30-14-16-34-17-15-30)20-35-24-13-7-12-23(18-24)26-19-25(21-8-3-1-4-9-21)29-31(26)28(33)22-10-5-2-6-11-22/h1-13,18,26H,14-17,19-20H2/t26-/m1/s1. The highest BCUT2D eigenvalue weighted by Crippen LogP contribution is 2.35. The Bertz CT molecular complexity index is 1210. The highest BCUT2D eigenvalue weighted by Gasteiger charge is 2.34. The lowest BCUT2D eigenvalue weighted by molar-refractivity contribution is -0.137. The van der Waals surface area contributed by atoms with Gasteiger partial charge in [-0.25, -0.2) is 5.01 Å². The molecule has 2 amide bonds. The van der Waals surface area contributed by atoms with E-state index in [1.165, 1.54) is 0 Å². The quantitative estimate of drug-likeness (QED) is 0.549. The third kappa shape index (κ3) is 5.25. The zero-order valence-electron chi connectivity index (χ0n) is 19.4. The number of carbonyl (C=O) groups excluding carboxylic acids is 2. The lowest BCUT2D eigenvalue weighted by atomic mass is 9.98. The number of benzene rings is 3. The first kappa shape index (κ1) is 22.8. The van der Waals surface area contributed by atoms with Crippen molar-refractivity contribution in [3.05, 3.63) is 102 Å². The molecule has 2 aliphatic rings. The maximum atomic E-state index is 13.4. The van der Waals surface area contributed by atoms with Crippen LogP contribution in [0, 0.1) is 0 Å². The predicted molar refractivity (Wildman–Crippen MR) is 132 cm³/mol. The molecule has 1 atom stereocenters. The van der Waals surface area contributed by atoms with E-state index in [9.17, 15) is 9.59 Å². The van der Waals surface area contributed by atoms with E-state index in [0.29, 0.717) is 44.0 Å². The zero-order valence-corrected chi connectivity index (χ0v) is 19.4. The number of ether oxygens (including phenoxy) is 2. The minimum Gasteiger partial charge on any atom is -0.484 e. The fourth-order valence-corrected chi connectivity index (χ4v) is 4.34. The Balaban J connectivity index is 1.37. The van der Waals surface area contributed by atoms with Gasteiger partial charge in [0.1, 0.15) is 5.75 Å². The lowest BCUT2D eigenvalue weighted by Gasteiger charge is -2.26. The van der Waals surface area contributed by atoms with Crippen molar-refractivity contribution in [3.63, 3.8) is 0 Å². The third-order valence-corrected chi connectivity index (χ3v) is 6.22. The van der Waals surface area contributed by atoms with Crippen LogP contribution in [0.1, 0.15) is 33.9 Å². The van der Waals surface area contributed by atoms with Gasteiger partial charge in [-0.1, -0.05) is 60.7 Å². The minimum atomic E-state index is -0.281. The summed E-state index contributed by atoms with van der Waals surface area (Å²) in [6.07, 6.45) is 0.582. The van der Waals surface area contributed by atoms with Gasteiger partial charge >= 0.3 is 0 Å². The van der Waals surface area contributed by atoms with Crippen LogP contribution in [0.2, 0.25) is 0 Å². The van der Waals surface area contributed by atoms with Crippen molar-refractivity contribution >= 4 is 17.5 Å². The third-order valence-electron chi connectivity index (χ3n) is 6.22. The molecule has 0 aromatic heterocycles. The minimum absolute atomic E-state index is 0.0352. The molecule has 0 aliphatic carbocycles. The Kier molecular flexibility index (Phi) is 6.86. The molecule has 2 aliphatic heterocycles. The van der Waals surface area contributed by atoms with Crippen LogP contribution in [-0.4, -0.2) is 60.3 Å². The fourth-order valence-electron chi connectivity index (χ4n) is 4.34. The second kappa shape index (κ2) is 10.5. The van der Waals surface area contributed by atoms with E-state index in [4.69, 9.17) is 14.6 Å². The van der Waals surface area contributed by atoms with Crippen LogP contribution in [-0.2, 0) is 9.53 Å². The van der Waals surface area contributed by atoms with Gasteiger partial charge in [0.15, 0.2) is 6.61 Å². The summed E-state index contributed by atoms with van der Waals surface area (Å²) in [5.41, 5.74) is 3.33. The van der Waals surface area contributed by atoms with Crippen molar-refractivity contribution in [2.45, 2.75) is 12.5 Å². The average Bonchev–Trinajstić information content (AvgIpc) is 3.39. The van der Waals surface area contributed by atoms with Gasteiger partial charge in [-0.3, -0.25) is 9.59 Å². The molecule has 1 fully saturated rings. The summed E-state index contributed by atoms with van der Waals surface area (Å²) in [7, 11) is 0. The van der Waals surface area contributed by atoms with Crippen molar-refractivity contribution in [2.75, 3.05) is 32.9 Å². The Morgan fingerprint density at radius 2 is 1.63 bits per heavy atom. The van der Waals surface area contributed by atoms with E-state index in [1.54, 1.807) is 22.0 Å². The summed E-state index contributed by atoms with van der Waals surface area (Å²) in [6, 6.07) is 26.4. The van der Waals surface area contributed by atoms with Gasteiger partial charge in [0, 0.05) is 25.1 Å². The van der Waals surface area contributed by atoms with E-state index in [0.717, 1.165) is 16.8 Å². The number of hydrogen-bond donors (Lipinski definition) is 0. The molecular weight excluding hydrogens is 442 g/mol. The number of nitrogens with zero attached hydrogens (tertiary/aromatic N) is 3. The number of amides is 2. The largest absolute Gasteiger partial charge is 0.484 e. The molecule has 7 nitrogen and oxygen atoms in total. The second-order valence-electron chi connectivity index (χ2n) is 8.50. The van der Waals surface area contributed by atoms with Crippen LogP contribution >= 0.6 is 0 Å². The normalized spacial score (nSPS) is 17.7. The first-order valence-electron chi connectivity index (χ1n) is 11.8. The van der Waals surface area contributed by atoms with Crippen LogP contribution in [0.4, 0.5) is 0 Å². The summed E-state index contributed by atoms with van der Waals surface area (Å²) in [6.45, 7) is 2.24. The molecule has 7 heteroatoms. The average molecular weight is 470 g/mol. The Hall–Kier alpha value is -3.97. The SMILES string of the molecule is O=C(COc1cccc([C@H]2CC(c3ccccc3)=NN2C(=O)c2ccccc2)c1)N1CCOCC1. The molecule has 1 saturated heterocycles. The Morgan fingerprint density at radius 3 is 2.37 bits per heavy atom. The molecule has 0 bridgehead atoms. The van der Waals surface area contributed by atoms with Crippen LogP contribution in [0.5, 0.6) is 5.75 Å². The van der Waals surface area contributed by atoms with Gasteiger partial charge in [-0.15, -0.1) is 0 Å². The molecule has 5 rings (SSSR count). The smallest absolute Gasteiger partial charge is 0.274 e. The first-order valence-corrected chi connectivity index (χ1v) is 11.8. The summed E-state index contributed by atoms with van der Waals surface area (Å²) in [5.74, 6) is 0.370. The summed E-state index contributed by atoms with van der Waals surface area (Å²) in [4.78, 5) is 27.6. The molecule has 0 N–H and O–H groups in total. The van der Waals surface area contributed by atoms with Crippen molar-refractivity contribution in [1.82, 2.24) is 9.91 Å². The topological polar surface area (TPSA) is 71.4 Å². The summed E-state index contributed by atoms with van der Waals surface area (Å²) >= 11 is 0. The molecule has 3 aromatic carbocycles. The van der Waals surface area contributed by atoms with E-state index < -0.39 is 0 Å².